The van der Waals surface area contributed by atoms with E-state index in [4.69, 9.17) is 9.47 Å². The Hall–Kier alpha value is -3.32. The SMILES string of the molecule is CCOc1ccc(C2/C(=C(\[O-])c3ccc(OC)c(C)c3)C(=O)C(=O)N2CC[NH+](C)C)cc1. The van der Waals surface area contributed by atoms with Crippen LogP contribution in [0.2, 0.25) is 0 Å². The summed E-state index contributed by atoms with van der Waals surface area (Å²) >= 11 is 0. The number of quaternary nitrogens is 1. The van der Waals surface area contributed by atoms with Gasteiger partial charge in [-0.1, -0.05) is 24.0 Å². The molecule has 0 aliphatic carbocycles. The number of amides is 1. The number of carbonyl (C=O) groups excluding carboxylic acids is 2. The molecule has 1 saturated heterocycles. The fraction of sp³-hybridized carbons (Fsp3) is 0.360. The smallest absolute Gasteiger partial charge is 0.295 e. The Morgan fingerprint density at radius 3 is 2.38 bits per heavy atom. The molecule has 0 radical (unpaired) electrons. The maximum Gasteiger partial charge on any atom is 0.295 e. The van der Waals surface area contributed by atoms with E-state index in [1.54, 1.807) is 37.4 Å². The lowest BCUT2D eigenvalue weighted by Gasteiger charge is -2.28. The number of nitrogens with zero attached hydrogens (tertiary/aromatic N) is 1. The highest BCUT2D eigenvalue weighted by atomic mass is 16.5. The lowest BCUT2D eigenvalue weighted by Crippen LogP contribution is -3.06. The van der Waals surface area contributed by atoms with Crippen molar-refractivity contribution in [1.29, 1.82) is 0 Å². The predicted molar refractivity (Wildman–Crippen MR) is 119 cm³/mol. The maximum atomic E-state index is 13.5. The molecule has 0 saturated carbocycles. The monoisotopic (exact) mass is 438 g/mol. The van der Waals surface area contributed by atoms with Crippen LogP contribution in [0.3, 0.4) is 0 Å². The summed E-state index contributed by atoms with van der Waals surface area (Å²) in [5, 5.41) is 13.5. The molecule has 0 spiro atoms. The average molecular weight is 439 g/mol. The summed E-state index contributed by atoms with van der Waals surface area (Å²) in [6, 6.07) is 11.5. The number of ketones is 1. The molecular weight excluding hydrogens is 408 g/mol. The molecule has 32 heavy (non-hydrogen) atoms. The molecule has 7 nitrogen and oxygen atoms in total. The van der Waals surface area contributed by atoms with Crippen LogP contribution in [0.25, 0.3) is 5.76 Å². The van der Waals surface area contributed by atoms with Gasteiger partial charge in [-0.3, -0.25) is 9.59 Å². The molecule has 1 N–H and O–H groups in total. The first-order valence-corrected chi connectivity index (χ1v) is 10.7. The Morgan fingerprint density at radius 1 is 1.12 bits per heavy atom. The summed E-state index contributed by atoms with van der Waals surface area (Å²) < 4.78 is 10.8. The average Bonchev–Trinajstić information content (AvgIpc) is 3.02. The highest BCUT2D eigenvalue weighted by Gasteiger charge is 2.44. The summed E-state index contributed by atoms with van der Waals surface area (Å²) in [6.45, 7) is 5.27. The molecule has 1 amide bonds. The number of nitrogens with one attached hydrogen (secondary N) is 1. The van der Waals surface area contributed by atoms with Crippen molar-refractivity contribution in [3.63, 3.8) is 0 Å². The summed E-state index contributed by atoms with van der Waals surface area (Å²) in [4.78, 5) is 28.6. The van der Waals surface area contributed by atoms with Crippen LogP contribution < -0.4 is 19.5 Å². The Balaban J connectivity index is 2.12. The predicted octanol–water partition coefficient (Wildman–Crippen LogP) is 0.771. The Labute approximate surface area is 188 Å². The first-order valence-electron chi connectivity index (χ1n) is 10.7. The zero-order valence-electron chi connectivity index (χ0n) is 19.2. The molecule has 1 aliphatic heterocycles. The van der Waals surface area contributed by atoms with E-state index in [1.165, 1.54) is 4.90 Å². The van der Waals surface area contributed by atoms with E-state index in [0.29, 0.717) is 42.3 Å². The summed E-state index contributed by atoms with van der Waals surface area (Å²) in [5.41, 5.74) is 1.82. The van der Waals surface area contributed by atoms with Gasteiger partial charge >= 0.3 is 0 Å². The highest BCUT2D eigenvalue weighted by Crippen LogP contribution is 2.39. The Morgan fingerprint density at radius 2 is 1.81 bits per heavy atom. The van der Waals surface area contributed by atoms with Crippen LogP contribution in [0, 0.1) is 6.92 Å². The molecule has 7 heteroatoms. The van der Waals surface area contributed by atoms with Crippen LogP contribution in [-0.2, 0) is 9.59 Å². The zero-order valence-corrected chi connectivity index (χ0v) is 19.2. The second-order valence-electron chi connectivity index (χ2n) is 8.12. The van der Waals surface area contributed by atoms with E-state index in [0.717, 1.165) is 10.5 Å². The van der Waals surface area contributed by atoms with E-state index in [9.17, 15) is 14.7 Å². The van der Waals surface area contributed by atoms with Crippen molar-refractivity contribution in [2.45, 2.75) is 19.9 Å². The third-order valence-electron chi connectivity index (χ3n) is 5.55. The number of hydrogen-bond acceptors (Lipinski definition) is 5. The fourth-order valence-electron chi connectivity index (χ4n) is 3.88. The first-order chi connectivity index (χ1) is 15.3. The molecule has 170 valence electrons. The molecule has 3 rings (SSSR count). The van der Waals surface area contributed by atoms with Crippen LogP contribution in [0.4, 0.5) is 0 Å². The molecule has 1 aliphatic rings. The third-order valence-corrected chi connectivity index (χ3v) is 5.55. The minimum Gasteiger partial charge on any atom is -0.872 e. The van der Waals surface area contributed by atoms with Crippen molar-refractivity contribution in [2.24, 2.45) is 0 Å². The van der Waals surface area contributed by atoms with Gasteiger partial charge in [-0.15, -0.1) is 0 Å². The number of ether oxygens (including phenoxy) is 2. The number of rotatable bonds is 8. The zero-order chi connectivity index (χ0) is 23.4. The summed E-state index contributed by atoms with van der Waals surface area (Å²) in [7, 11) is 5.51. The second kappa shape index (κ2) is 9.87. The summed E-state index contributed by atoms with van der Waals surface area (Å²) in [6.07, 6.45) is 0. The van der Waals surface area contributed by atoms with Gasteiger partial charge in [-0.25, -0.2) is 0 Å². The van der Waals surface area contributed by atoms with Gasteiger partial charge in [0.2, 0.25) is 5.78 Å². The number of carbonyl (C=O) groups is 2. The largest absolute Gasteiger partial charge is 0.872 e. The normalized spacial score (nSPS) is 17.8. The van der Waals surface area contributed by atoms with Gasteiger partial charge in [0.15, 0.2) is 0 Å². The minimum atomic E-state index is -0.740. The fourth-order valence-corrected chi connectivity index (χ4v) is 3.88. The van der Waals surface area contributed by atoms with Crippen molar-refractivity contribution in [2.75, 3.05) is 40.9 Å². The molecule has 0 bridgehead atoms. The second-order valence-corrected chi connectivity index (χ2v) is 8.12. The molecule has 1 heterocycles. The minimum absolute atomic E-state index is 0.0162. The molecule has 0 aromatic heterocycles. The number of hydrogen-bond donors (Lipinski definition) is 1. The van der Waals surface area contributed by atoms with Crippen LogP contribution in [-0.4, -0.2) is 57.5 Å². The van der Waals surface area contributed by atoms with Crippen molar-refractivity contribution in [3.8, 4) is 11.5 Å². The van der Waals surface area contributed by atoms with Crippen molar-refractivity contribution < 1.29 is 29.1 Å². The van der Waals surface area contributed by atoms with Gasteiger partial charge in [0.1, 0.15) is 11.5 Å². The van der Waals surface area contributed by atoms with Gasteiger partial charge in [-0.2, -0.15) is 0 Å². The first kappa shape index (κ1) is 23.3. The number of benzene rings is 2. The van der Waals surface area contributed by atoms with Crippen LogP contribution in [0.1, 0.15) is 29.7 Å². The van der Waals surface area contributed by atoms with E-state index < -0.39 is 23.5 Å². The highest BCUT2D eigenvalue weighted by molar-refractivity contribution is 6.46. The number of methoxy groups -OCH3 is 1. The van der Waals surface area contributed by atoms with E-state index >= 15 is 0 Å². The Bertz CT molecular complexity index is 1030. The van der Waals surface area contributed by atoms with Gasteiger partial charge in [0.05, 0.1) is 46.9 Å². The topological polar surface area (TPSA) is 83.3 Å². The standard InChI is InChI=1S/C25H30N2O5/c1-6-32-19-10-7-17(8-11-19)22-21(24(29)25(30)27(22)14-13-26(3)4)23(28)18-9-12-20(31-5)16(2)15-18/h7-12,15,22,28H,6,13-14H2,1-5H3/b23-21+. The van der Waals surface area contributed by atoms with Crippen molar-refractivity contribution in [3.05, 3.63) is 64.7 Å². The molecule has 1 fully saturated rings. The van der Waals surface area contributed by atoms with Gasteiger partial charge in [0, 0.05) is 5.57 Å². The van der Waals surface area contributed by atoms with Gasteiger partial charge < -0.3 is 24.4 Å². The number of likely N-dealkylation sites (N-methyl/N-ethyl adjacent to an activating group) is 1. The summed E-state index contributed by atoms with van der Waals surface area (Å²) in [5.74, 6) is -0.476. The molecule has 1 unspecified atom stereocenters. The van der Waals surface area contributed by atoms with Gasteiger partial charge in [0.25, 0.3) is 5.91 Å². The van der Waals surface area contributed by atoms with E-state index in [1.807, 2.05) is 40.1 Å². The van der Waals surface area contributed by atoms with E-state index in [-0.39, 0.29) is 5.57 Å². The molecule has 2 aromatic rings. The van der Waals surface area contributed by atoms with Gasteiger partial charge in [-0.05, 0) is 54.8 Å². The number of aryl methyl sites for hydroxylation is 1. The lowest BCUT2D eigenvalue weighted by atomic mass is 9.94. The maximum absolute atomic E-state index is 13.5. The lowest BCUT2D eigenvalue weighted by molar-refractivity contribution is -0.857. The molecule has 1 atom stereocenters. The third kappa shape index (κ3) is 4.62. The van der Waals surface area contributed by atoms with Crippen LogP contribution >= 0.6 is 0 Å². The van der Waals surface area contributed by atoms with Crippen LogP contribution in [0.5, 0.6) is 11.5 Å². The number of likely N-dealkylation sites (tertiary alicyclic amines) is 1. The Kier molecular flexibility index (Phi) is 7.20. The van der Waals surface area contributed by atoms with Crippen molar-refractivity contribution >= 4 is 17.4 Å². The number of Topliss-reactive ketones (excluding diaryl/α,β-unsaturated/α-hetero) is 1. The van der Waals surface area contributed by atoms with Crippen LogP contribution in [0.15, 0.2) is 48.0 Å². The van der Waals surface area contributed by atoms with E-state index in [2.05, 4.69) is 0 Å². The molecule has 2 aromatic carbocycles. The quantitative estimate of drug-likeness (QED) is 0.374. The molecular formula is C25H30N2O5. The van der Waals surface area contributed by atoms with Crippen molar-refractivity contribution in [1.82, 2.24) is 4.90 Å².